The van der Waals surface area contributed by atoms with E-state index in [1.165, 1.54) is 7.11 Å². The van der Waals surface area contributed by atoms with Gasteiger partial charge in [0.2, 0.25) is 0 Å². The van der Waals surface area contributed by atoms with Crippen LogP contribution >= 0.6 is 15.9 Å². The molecule has 0 saturated heterocycles. The summed E-state index contributed by atoms with van der Waals surface area (Å²) in [6.45, 7) is 0. The van der Waals surface area contributed by atoms with Crippen molar-refractivity contribution in [3.8, 4) is 0 Å². The van der Waals surface area contributed by atoms with Gasteiger partial charge in [0.05, 0.1) is 26.0 Å². The van der Waals surface area contributed by atoms with E-state index in [9.17, 15) is 4.79 Å². The normalized spacial score (nSPS) is 10.3. The van der Waals surface area contributed by atoms with Crippen LogP contribution in [0.25, 0.3) is 6.08 Å². The number of ether oxygens (including phenoxy) is 2. The first kappa shape index (κ1) is 11.8. The van der Waals surface area contributed by atoms with Gasteiger partial charge in [-0.3, -0.25) is 0 Å². The fourth-order valence-electron chi connectivity index (χ4n) is 1.09. The zero-order valence-electron chi connectivity index (χ0n) is 8.49. The molecule has 1 aromatic carbocycles. The van der Waals surface area contributed by atoms with Gasteiger partial charge in [0, 0.05) is 4.47 Å². The van der Waals surface area contributed by atoms with E-state index >= 15 is 0 Å². The highest BCUT2D eigenvalue weighted by molar-refractivity contribution is 9.10. The van der Waals surface area contributed by atoms with Crippen molar-refractivity contribution < 1.29 is 14.3 Å². The van der Waals surface area contributed by atoms with Crippen molar-refractivity contribution in [3.05, 3.63) is 40.1 Å². The molecule has 3 nitrogen and oxygen atoms in total. The molecule has 0 aromatic heterocycles. The molecule has 0 aliphatic heterocycles. The number of hydrogen-bond donors (Lipinski definition) is 0. The van der Waals surface area contributed by atoms with Crippen molar-refractivity contribution >= 4 is 28.0 Å². The van der Waals surface area contributed by atoms with E-state index in [1.807, 2.05) is 6.07 Å². The van der Waals surface area contributed by atoms with Gasteiger partial charge in [-0.05, 0) is 33.6 Å². The molecule has 15 heavy (non-hydrogen) atoms. The van der Waals surface area contributed by atoms with Gasteiger partial charge in [-0.2, -0.15) is 0 Å². The van der Waals surface area contributed by atoms with Crippen LogP contribution in [0.3, 0.4) is 0 Å². The van der Waals surface area contributed by atoms with Crippen molar-refractivity contribution in [2.24, 2.45) is 0 Å². The molecule has 0 aliphatic carbocycles. The minimum absolute atomic E-state index is 0.366. The lowest BCUT2D eigenvalue weighted by molar-refractivity contribution is 0.0599. The summed E-state index contributed by atoms with van der Waals surface area (Å²) in [5.41, 5.74) is 1.36. The van der Waals surface area contributed by atoms with E-state index in [4.69, 9.17) is 4.74 Å². The molecule has 0 fully saturated rings. The summed E-state index contributed by atoms with van der Waals surface area (Å²) in [5, 5.41) is 0. The Kier molecular flexibility index (Phi) is 4.37. The zero-order chi connectivity index (χ0) is 11.3. The maximum atomic E-state index is 11.4. The van der Waals surface area contributed by atoms with Gasteiger partial charge < -0.3 is 9.47 Å². The third-order valence-corrected chi connectivity index (χ3v) is 2.70. The highest BCUT2D eigenvalue weighted by Gasteiger charge is 2.11. The largest absolute Gasteiger partial charge is 0.504 e. The van der Waals surface area contributed by atoms with Crippen LogP contribution < -0.4 is 0 Å². The smallest absolute Gasteiger partial charge is 0.339 e. The van der Waals surface area contributed by atoms with E-state index in [1.54, 1.807) is 31.6 Å². The Balaban J connectivity index is 3.11. The van der Waals surface area contributed by atoms with E-state index in [2.05, 4.69) is 20.7 Å². The number of carbonyl (C=O) groups excluding carboxylic acids is 1. The monoisotopic (exact) mass is 270 g/mol. The predicted octanol–water partition coefficient (Wildman–Crippen LogP) is 2.85. The molecular formula is C11H11BrO3. The second-order valence-electron chi connectivity index (χ2n) is 2.74. The standard InChI is InChI=1S/C11H11BrO3/c1-14-7-6-8-4-3-5-9(10(8)12)11(13)15-2/h3-7H,1-2H3/b7-6+. The lowest BCUT2D eigenvalue weighted by Crippen LogP contribution is -2.02. The Morgan fingerprint density at radius 3 is 2.73 bits per heavy atom. The van der Waals surface area contributed by atoms with Gasteiger partial charge in [0.1, 0.15) is 0 Å². The van der Waals surface area contributed by atoms with Crippen LogP contribution in [0.1, 0.15) is 15.9 Å². The van der Waals surface area contributed by atoms with Crippen molar-refractivity contribution in [2.45, 2.75) is 0 Å². The molecule has 0 amide bonds. The van der Waals surface area contributed by atoms with Crippen LogP contribution in [0.4, 0.5) is 0 Å². The summed E-state index contributed by atoms with van der Waals surface area (Å²) >= 11 is 3.35. The summed E-state index contributed by atoms with van der Waals surface area (Å²) in [6.07, 6.45) is 3.30. The summed E-state index contributed by atoms with van der Waals surface area (Å²) in [5.74, 6) is -0.366. The lowest BCUT2D eigenvalue weighted by atomic mass is 10.1. The molecule has 1 aromatic rings. The topological polar surface area (TPSA) is 35.5 Å². The third kappa shape index (κ3) is 2.83. The van der Waals surface area contributed by atoms with Gasteiger partial charge in [-0.25, -0.2) is 4.79 Å². The van der Waals surface area contributed by atoms with Gasteiger partial charge in [0.25, 0.3) is 0 Å². The van der Waals surface area contributed by atoms with Crippen molar-refractivity contribution in [2.75, 3.05) is 14.2 Å². The Labute approximate surface area is 96.8 Å². The molecule has 0 saturated carbocycles. The molecule has 0 spiro atoms. The maximum Gasteiger partial charge on any atom is 0.339 e. The maximum absolute atomic E-state index is 11.4. The third-order valence-electron chi connectivity index (χ3n) is 1.82. The minimum Gasteiger partial charge on any atom is -0.504 e. The number of esters is 1. The van der Waals surface area contributed by atoms with Crippen LogP contribution in [0.5, 0.6) is 0 Å². The second kappa shape index (κ2) is 5.56. The fraction of sp³-hybridized carbons (Fsp3) is 0.182. The number of carbonyl (C=O) groups is 1. The number of halogens is 1. The summed E-state index contributed by atoms with van der Waals surface area (Å²) in [4.78, 5) is 11.4. The molecule has 80 valence electrons. The van der Waals surface area contributed by atoms with Gasteiger partial charge in [-0.1, -0.05) is 12.1 Å². The molecule has 0 bridgehead atoms. The van der Waals surface area contributed by atoms with Crippen molar-refractivity contribution in [1.29, 1.82) is 0 Å². The molecule has 0 atom stereocenters. The Bertz CT molecular complexity index is 385. The van der Waals surface area contributed by atoms with Gasteiger partial charge in [-0.15, -0.1) is 0 Å². The molecule has 1 rings (SSSR count). The second-order valence-corrected chi connectivity index (χ2v) is 3.53. The fourth-order valence-corrected chi connectivity index (χ4v) is 1.65. The predicted molar refractivity (Wildman–Crippen MR) is 61.5 cm³/mol. The zero-order valence-corrected chi connectivity index (χ0v) is 10.1. The quantitative estimate of drug-likeness (QED) is 0.626. The van der Waals surface area contributed by atoms with Crippen molar-refractivity contribution in [1.82, 2.24) is 0 Å². The minimum atomic E-state index is -0.366. The van der Waals surface area contributed by atoms with Crippen LogP contribution in [-0.2, 0) is 9.47 Å². The number of methoxy groups -OCH3 is 2. The van der Waals surface area contributed by atoms with Gasteiger partial charge >= 0.3 is 5.97 Å². The molecule has 4 heteroatoms. The van der Waals surface area contributed by atoms with E-state index < -0.39 is 0 Å². The van der Waals surface area contributed by atoms with Crippen LogP contribution in [0, 0.1) is 0 Å². The molecule has 0 aliphatic rings. The first-order valence-corrected chi connectivity index (χ1v) is 5.06. The molecule has 0 radical (unpaired) electrons. The molecular weight excluding hydrogens is 260 g/mol. The Hall–Kier alpha value is -1.29. The summed E-state index contributed by atoms with van der Waals surface area (Å²) < 4.78 is 10.2. The van der Waals surface area contributed by atoms with Crippen LogP contribution in [-0.4, -0.2) is 20.2 Å². The summed E-state index contributed by atoms with van der Waals surface area (Å²) in [6, 6.07) is 5.35. The average molecular weight is 271 g/mol. The van der Waals surface area contributed by atoms with Crippen molar-refractivity contribution in [3.63, 3.8) is 0 Å². The first-order chi connectivity index (χ1) is 7.20. The Morgan fingerprint density at radius 1 is 1.40 bits per heavy atom. The average Bonchev–Trinajstić information content (AvgIpc) is 2.27. The SMILES string of the molecule is CO/C=C/c1cccc(C(=O)OC)c1Br. The molecule has 0 N–H and O–H groups in total. The Morgan fingerprint density at radius 2 is 2.13 bits per heavy atom. The van der Waals surface area contributed by atoms with E-state index in [0.29, 0.717) is 10.0 Å². The van der Waals surface area contributed by atoms with E-state index in [0.717, 1.165) is 5.56 Å². The lowest BCUT2D eigenvalue weighted by Gasteiger charge is -2.04. The van der Waals surface area contributed by atoms with E-state index in [-0.39, 0.29) is 5.97 Å². The van der Waals surface area contributed by atoms with Crippen LogP contribution in [0.15, 0.2) is 28.9 Å². The number of hydrogen-bond acceptors (Lipinski definition) is 3. The highest BCUT2D eigenvalue weighted by atomic mass is 79.9. The highest BCUT2D eigenvalue weighted by Crippen LogP contribution is 2.23. The van der Waals surface area contributed by atoms with Gasteiger partial charge in [0.15, 0.2) is 0 Å². The summed E-state index contributed by atoms with van der Waals surface area (Å²) in [7, 11) is 2.92. The number of benzene rings is 1. The number of rotatable bonds is 3. The molecule has 0 heterocycles. The first-order valence-electron chi connectivity index (χ1n) is 4.27. The van der Waals surface area contributed by atoms with Crippen LogP contribution in [0.2, 0.25) is 0 Å². The molecule has 0 unspecified atom stereocenters.